The van der Waals surface area contributed by atoms with Crippen molar-refractivity contribution in [2.45, 2.75) is 162 Å². The quantitative estimate of drug-likeness (QED) is 0.252. The molecule has 236 valence electrons. The fourth-order valence-corrected chi connectivity index (χ4v) is 10.3. The zero-order chi connectivity index (χ0) is 30.2. The van der Waals surface area contributed by atoms with E-state index in [-0.39, 0.29) is 40.9 Å². The second kappa shape index (κ2) is 12.8. The number of fused-ring (bicyclic) bond motifs is 5. The van der Waals surface area contributed by atoms with Crippen LogP contribution >= 0.6 is 0 Å². The summed E-state index contributed by atoms with van der Waals surface area (Å²) in [5, 5.41) is 23.5. The molecule has 0 aliphatic heterocycles. The van der Waals surface area contributed by atoms with Crippen LogP contribution in [-0.4, -0.2) is 46.1 Å². The third-order valence-corrected chi connectivity index (χ3v) is 12.4. The number of hydrogen-bond donors (Lipinski definition) is 2. The lowest BCUT2D eigenvalue weighted by Gasteiger charge is -2.61. The summed E-state index contributed by atoms with van der Waals surface area (Å²) in [6.07, 6.45) is 10.9. The summed E-state index contributed by atoms with van der Waals surface area (Å²) in [6.45, 7) is 14.9. The van der Waals surface area contributed by atoms with Gasteiger partial charge in [0.05, 0.1) is 11.7 Å². The molecule has 4 aliphatic carbocycles. The molecule has 0 aromatic heterocycles. The first kappa shape index (κ1) is 32.8. The number of aliphatic hydroxyl groups excluding tert-OH is 1. The molecule has 4 fully saturated rings. The van der Waals surface area contributed by atoms with E-state index in [4.69, 9.17) is 9.47 Å². The smallest absolute Gasteiger partial charge is 0.306 e. The van der Waals surface area contributed by atoms with Gasteiger partial charge in [0.25, 0.3) is 0 Å². The number of carbonyl (C=O) groups excluding carboxylic acids is 2. The third-order valence-electron chi connectivity index (χ3n) is 12.4. The molecule has 0 heterocycles. The van der Waals surface area contributed by atoms with Crippen LogP contribution in [0.15, 0.2) is 0 Å². The summed E-state index contributed by atoms with van der Waals surface area (Å²) in [5.41, 5.74) is -1.30. The Balaban J connectivity index is 1.57. The lowest BCUT2D eigenvalue weighted by molar-refractivity contribution is -0.189. The summed E-state index contributed by atoms with van der Waals surface area (Å²) < 4.78 is 12.1. The number of aliphatic hydroxyl groups is 2. The van der Waals surface area contributed by atoms with Crippen molar-refractivity contribution in [3.05, 3.63) is 0 Å². The normalized spacial score (nSPS) is 40.6. The van der Waals surface area contributed by atoms with E-state index in [0.717, 1.165) is 70.6 Å². The molecule has 4 rings (SSSR count). The molecule has 41 heavy (non-hydrogen) atoms. The van der Waals surface area contributed by atoms with Crippen LogP contribution in [0.25, 0.3) is 0 Å². The molecule has 0 spiro atoms. The van der Waals surface area contributed by atoms with E-state index < -0.39 is 11.7 Å². The van der Waals surface area contributed by atoms with Crippen molar-refractivity contribution < 1.29 is 29.3 Å². The van der Waals surface area contributed by atoms with Gasteiger partial charge in [-0.15, -0.1) is 0 Å². The van der Waals surface area contributed by atoms with Gasteiger partial charge in [0, 0.05) is 18.8 Å². The first-order chi connectivity index (χ1) is 19.3. The van der Waals surface area contributed by atoms with E-state index >= 15 is 0 Å². The molecule has 4 aliphatic rings. The molecular weight excluding hydrogens is 516 g/mol. The van der Waals surface area contributed by atoms with Crippen LogP contribution in [0.2, 0.25) is 0 Å². The molecule has 0 saturated heterocycles. The minimum Gasteiger partial charge on any atom is -0.462 e. The fourth-order valence-electron chi connectivity index (χ4n) is 10.3. The summed E-state index contributed by atoms with van der Waals surface area (Å²) in [5.74, 6) is 1.96. The van der Waals surface area contributed by atoms with Crippen molar-refractivity contribution in [2.75, 3.05) is 0 Å². The number of hydrogen-bond acceptors (Lipinski definition) is 6. The Hall–Kier alpha value is -1.14. The molecule has 6 nitrogen and oxygen atoms in total. The molecule has 4 saturated carbocycles. The van der Waals surface area contributed by atoms with Crippen molar-refractivity contribution in [2.24, 2.45) is 46.3 Å². The van der Waals surface area contributed by atoms with Crippen LogP contribution in [-0.2, 0) is 19.1 Å². The van der Waals surface area contributed by atoms with Crippen molar-refractivity contribution in [3.63, 3.8) is 0 Å². The number of rotatable bonds is 11. The Kier molecular flexibility index (Phi) is 10.3. The van der Waals surface area contributed by atoms with Gasteiger partial charge >= 0.3 is 11.9 Å². The number of ether oxygens (including phenoxy) is 2. The van der Waals surface area contributed by atoms with Gasteiger partial charge in [0.1, 0.15) is 12.2 Å². The molecule has 11 atom stereocenters. The van der Waals surface area contributed by atoms with E-state index in [9.17, 15) is 19.8 Å². The molecule has 0 unspecified atom stereocenters. The van der Waals surface area contributed by atoms with Crippen LogP contribution in [0, 0.1) is 46.3 Å². The summed E-state index contributed by atoms with van der Waals surface area (Å²) in [6, 6.07) is 0. The monoisotopic (exact) mass is 576 g/mol. The Morgan fingerprint density at radius 2 is 1.51 bits per heavy atom. The molecule has 2 N–H and O–H groups in total. The third kappa shape index (κ3) is 6.40. The Morgan fingerprint density at radius 1 is 0.878 bits per heavy atom. The van der Waals surface area contributed by atoms with Gasteiger partial charge in [-0.25, -0.2) is 0 Å². The van der Waals surface area contributed by atoms with Crippen molar-refractivity contribution in [3.8, 4) is 0 Å². The SMILES string of the molecule is CCCC(=O)O[C@H]1CC[C@@]2(C)[C@@H](CC[C@@H]3[C@@H]2CC[C@]2(C)[C@@H]([C@@](C)(O)[C@H](O)CCC(C)C)[C@@H](OC(=O)CCC)C[C@@H]32)C1. The molecule has 0 bridgehead atoms. The first-order valence-corrected chi connectivity index (χ1v) is 17.1. The first-order valence-electron chi connectivity index (χ1n) is 17.1. The standard InChI is InChI=1S/C35H60O6/c1-8-10-30(37)40-24-16-18-33(5)23(20-24)13-14-25-26(33)17-19-34(6)27(25)21-28(41-31(38)11-9-2)32(34)35(7,39)29(36)15-12-22(3)4/h22-29,32,36,39H,8-21H2,1-7H3/t23-,24-,25+,26-,27-,28-,29+,32-,33-,34-,35-/m0/s1. The zero-order valence-corrected chi connectivity index (χ0v) is 27.1. The van der Waals surface area contributed by atoms with Gasteiger partial charge in [0.2, 0.25) is 0 Å². The molecule has 0 aromatic carbocycles. The molecule has 0 radical (unpaired) electrons. The lowest BCUT2D eigenvalue weighted by Crippen LogP contribution is -2.58. The minimum atomic E-state index is -1.33. The number of esters is 2. The van der Waals surface area contributed by atoms with Gasteiger partial charge in [-0.3, -0.25) is 9.59 Å². The lowest BCUT2D eigenvalue weighted by atomic mass is 9.44. The van der Waals surface area contributed by atoms with Crippen molar-refractivity contribution in [1.29, 1.82) is 0 Å². The summed E-state index contributed by atoms with van der Waals surface area (Å²) in [4.78, 5) is 25.1. The maximum Gasteiger partial charge on any atom is 0.306 e. The van der Waals surface area contributed by atoms with E-state index in [1.165, 1.54) is 0 Å². The van der Waals surface area contributed by atoms with Crippen LogP contribution in [0.5, 0.6) is 0 Å². The molecule has 0 aromatic rings. The topological polar surface area (TPSA) is 93.1 Å². The van der Waals surface area contributed by atoms with Crippen molar-refractivity contribution >= 4 is 11.9 Å². The predicted octanol–water partition coefficient (Wildman–Crippen LogP) is 7.23. The predicted molar refractivity (Wildman–Crippen MR) is 161 cm³/mol. The minimum absolute atomic E-state index is 0.0495. The fraction of sp³-hybridized carbons (Fsp3) is 0.943. The van der Waals surface area contributed by atoms with Crippen molar-refractivity contribution in [1.82, 2.24) is 0 Å². The Labute approximate surface area is 249 Å². The average Bonchev–Trinajstić information content (AvgIpc) is 3.19. The zero-order valence-electron chi connectivity index (χ0n) is 27.1. The second-order valence-corrected chi connectivity index (χ2v) is 15.5. The van der Waals surface area contributed by atoms with Gasteiger partial charge in [-0.05, 0) is 124 Å². The van der Waals surface area contributed by atoms with Gasteiger partial charge in [-0.2, -0.15) is 0 Å². The van der Waals surface area contributed by atoms with Crippen LogP contribution in [0.1, 0.15) is 138 Å². The maximum atomic E-state index is 12.8. The van der Waals surface area contributed by atoms with Crippen LogP contribution in [0.3, 0.4) is 0 Å². The highest BCUT2D eigenvalue weighted by Crippen LogP contribution is 2.69. The summed E-state index contributed by atoms with van der Waals surface area (Å²) >= 11 is 0. The molecule has 6 heteroatoms. The van der Waals surface area contributed by atoms with Gasteiger partial charge < -0.3 is 19.7 Å². The molecule has 0 amide bonds. The second-order valence-electron chi connectivity index (χ2n) is 15.5. The summed E-state index contributed by atoms with van der Waals surface area (Å²) in [7, 11) is 0. The largest absolute Gasteiger partial charge is 0.462 e. The highest BCUT2D eigenvalue weighted by molar-refractivity contribution is 5.69. The van der Waals surface area contributed by atoms with E-state index in [2.05, 4.69) is 27.7 Å². The van der Waals surface area contributed by atoms with Crippen LogP contribution < -0.4 is 0 Å². The highest BCUT2D eigenvalue weighted by Gasteiger charge is 2.67. The number of carbonyl (C=O) groups is 2. The van der Waals surface area contributed by atoms with Crippen LogP contribution in [0.4, 0.5) is 0 Å². The Morgan fingerprint density at radius 3 is 2.15 bits per heavy atom. The highest BCUT2D eigenvalue weighted by atomic mass is 16.5. The van der Waals surface area contributed by atoms with E-state index in [0.29, 0.717) is 48.9 Å². The van der Waals surface area contributed by atoms with E-state index in [1.807, 2.05) is 20.8 Å². The van der Waals surface area contributed by atoms with Gasteiger partial charge in [0.15, 0.2) is 0 Å². The van der Waals surface area contributed by atoms with E-state index in [1.54, 1.807) is 0 Å². The molecular formula is C35H60O6. The Bertz CT molecular complexity index is 914. The average molecular weight is 577 g/mol. The van der Waals surface area contributed by atoms with Gasteiger partial charge in [-0.1, -0.05) is 41.5 Å². The maximum absolute atomic E-state index is 12.8.